The Hall–Kier alpha value is -1.78. The van der Waals surface area contributed by atoms with E-state index in [2.05, 4.69) is 36.1 Å². The van der Waals surface area contributed by atoms with Crippen molar-refractivity contribution in [2.45, 2.75) is 64.5 Å². The summed E-state index contributed by atoms with van der Waals surface area (Å²) in [6.07, 6.45) is 7.69. The molecule has 4 nitrogen and oxygen atoms in total. The van der Waals surface area contributed by atoms with Crippen molar-refractivity contribution in [2.24, 2.45) is 11.8 Å². The lowest BCUT2D eigenvalue weighted by Gasteiger charge is -2.30. The van der Waals surface area contributed by atoms with Crippen molar-refractivity contribution in [3.63, 3.8) is 0 Å². The van der Waals surface area contributed by atoms with E-state index in [0.29, 0.717) is 5.02 Å². The van der Waals surface area contributed by atoms with Crippen LogP contribution in [-0.4, -0.2) is 35.2 Å². The first-order chi connectivity index (χ1) is 14.5. The molecule has 1 saturated heterocycles. The van der Waals surface area contributed by atoms with Gasteiger partial charge in [0.1, 0.15) is 5.75 Å². The van der Waals surface area contributed by atoms with E-state index in [1.54, 1.807) is 0 Å². The summed E-state index contributed by atoms with van der Waals surface area (Å²) < 4.78 is 6.31. The molecule has 0 amide bonds. The van der Waals surface area contributed by atoms with Gasteiger partial charge in [-0.15, -0.1) is 0 Å². The lowest BCUT2D eigenvalue weighted by molar-refractivity contribution is -0.143. The molecule has 5 heteroatoms. The summed E-state index contributed by atoms with van der Waals surface area (Å²) in [6, 6.07) is 10.5. The molecule has 2 aromatic carbocycles. The zero-order valence-corrected chi connectivity index (χ0v) is 18.5. The fourth-order valence-electron chi connectivity index (χ4n) is 4.93. The van der Waals surface area contributed by atoms with Crippen LogP contribution in [0.4, 0.5) is 0 Å². The zero-order chi connectivity index (χ0) is 21.1. The van der Waals surface area contributed by atoms with Gasteiger partial charge in [-0.1, -0.05) is 43.1 Å². The first kappa shape index (κ1) is 21.5. The van der Waals surface area contributed by atoms with Crippen LogP contribution in [0.15, 0.2) is 30.3 Å². The maximum absolute atomic E-state index is 11.2. The molecule has 1 N–H and O–H groups in total. The van der Waals surface area contributed by atoms with Crippen molar-refractivity contribution in [1.29, 1.82) is 0 Å². The standard InChI is InChI=1S/C25H32ClNO3/c1-2-17-4-8-21(9-5-17)30-23-10-7-19-6-3-18(15-22(19)24(23)26)16-27-13-11-20(12-14-27)25(28)29/h3,6-7,10,15,17,20-21H,2,4-5,8-9,11-14,16H2,1H3,(H,28,29). The van der Waals surface area contributed by atoms with E-state index in [4.69, 9.17) is 16.3 Å². The molecular formula is C25H32ClNO3. The van der Waals surface area contributed by atoms with E-state index in [-0.39, 0.29) is 12.0 Å². The third-order valence-electron chi connectivity index (χ3n) is 6.99. The maximum atomic E-state index is 11.2. The highest BCUT2D eigenvalue weighted by Gasteiger charge is 2.25. The molecule has 4 rings (SSSR count). The van der Waals surface area contributed by atoms with Crippen LogP contribution in [0.2, 0.25) is 5.02 Å². The largest absolute Gasteiger partial charge is 0.489 e. The Kier molecular flexibility index (Phi) is 6.84. The summed E-state index contributed by atoms with van der Waals surface area (Å²) in [7, 11) is 0. The van der Waals surface area contributed by atoms with E-state index in [0.717, 1.165) is 67.8 Å². The van der Waals surface area contributed by atoms with Crippen molar-refractivity contribution in [2.75, 3.05) is 13.1 Å². The number of halogens is 1. The number of rotatable bonds is 6. The number of carbonyl (C=O) groups is 1. The fraction of sp³-hybridized carbons (Fsp3) is 0.560. The molecule has 1 aliphatic carbocycles. The molecular weight excluding hydrogens is 398 g/mol. The highest BCUT2D eigenvalue weighted by atomic mass is 35.5. The zero-order valence-electron chi connectivity index (χ0n) is 17.8. The molecule has 0 bridgehead atoms. The first-order valence-corrected chi connectivity index (χ1v) is 11.7. The van der Waals surface area contributed by atoms with Crippen molar-refractivity contribution < 1.29 is 14.6 Å². The van der Waals surface area contributed by atoms with Crippen LogP contribution in [0.3, 0.4) is 0 Å². The molecule has 1 saturated carbocycles. The predicted molar refractivity (Wildman–Crippen MR) is 121 cm³/mol. The molecule has 1 aliphatic heterocycles. The second-order valence-corrected chi connectivity index (χ2v) is 9.37. The number of piperidine rings is 1. The molecule has 2 fully saturated rings. The summed E-state index contributed by atoms with van der Waals surface area (Å²) in [4.78, 5) is 13.5. The van der Waals surface area contributed by atoms with E-state index in [1.165, 1.54) is 24.8 Å². The third-order valence-corrected chi connectivity index (χ3v) is 7.38. The van der Waals surface area contributed by atoms with E-state index in [9.17, 15) is 9.90 Å². The number of hydrogen-bond donors (Lipinski definition) is 1. The minimum Gasteiger partial charge on any atom is -0.489 e. The Morgan fingerprint density at radius 1 is 1.10 bits per heavy atom. The SMILES string of the molecule is CCC1CCC(Oc2ccc3ccc(CN4CCC(C(=O)O)CC4)cc3c2Cl)CC1. The minimum absolute atomic E-state index is 0.195. The van der Waals surface area contributed by atoms with Gasteiger partial charge in [0.05, 0.1) is 17.0 Å². The van der Waals surface area contributed by atoms with Crippen LogP contribution in [0.25, 0.3) is 10.8 Å². The fourth-order valence-corrected chi connectivity index (χ4v) is 5.20. The Morgan fingerprint density at radius 3 is 2.47 bits per heavy atom. The van der Waals surface area contributed by atoms with Gasteiger partial charge in [0.25, 0.3) is 0 Å². The molecule has 1 heterocycles. The van der Waals surface area contributed by atoms with Gasteiger partial charge in [-0.3, -0.25) is 9.69 Å². The molecule has 0 spiro atoms. The van der Waals surface area contributed by atoms with Gasteiger partial charge >= 0.3 is 5.97 Å². The number of hydrogen-bond acceptors (Lipinski definition) is 3. The molecule has 2 aromatic rings. The van der Waals surface area contributed by atoms with Gasteiger partial charge < -0.3 is 9.84 Å². The highest BCUT2D eigenvalue weighted by molar-refractivity contribution is 6.37. The highest BCUT2D eigenvalue weighted by Crippen LogP contribution is 2.37. The first-order valence-electron chi connectivity index (χ1n) is 11.4. The van der Waals surface area contributed by atoms with Gasteiger partial charge in [0, 0.05) is 11.9 Å². The summed E-state index contributed by atoms with van der Waals surface area (Å²) in [5, 5.41) is 12.0. The Morgan fingerprint density at radius 2 is 1.80 bits per heavy atom. The van der Waals surface area contributed by atoms with Crippen LogP contribution in [0, 0.1) is 11.8 Å². The number of likely N-dealkylation sites (tertiary alicyclic amines) is 1. The van der Waals surface area contributed by atoms with E-state index >= 15 is 0 Å². The van der Waals surface area contributed by atoms with Gasteiger partial charge in [0.2, 0.25) is 0 Å². The van der Waals surface area contributed by atoms with Crippen LogP contribution in [0.5, 0.6) is 5.75 Å². The number of nitrogens with zero attached hydrogens (tertiary/aromatic N) is 1. The molecule has 0 aromatic heterocycles. The van der Waals surface area contributed by atoms with Crippen molar-refractivity contribution >= 4 is 28.3 Å². The van der Waals surface area contributed by atoms with Crippen LogP contribution in [-0.2, 0) is 11.3 Å². The van der Waals surface area contributed by atoms with E-state index in [1.807, 2.05) is 6.07 Å². The molecule has 0 atom stereocenters. The number of benzene rings is 2. The lowest BCUT2D eigenvalue weighted by Crippen LogP contribution is -2.35. The third kappa shape index (κ3) is 4.92. The number of ether oxygens (including phenoxy) is 1. The Balaban J connectivity index is 1.44. The van der Waals surface area contributed by atoms with Crippen LogP contribution >= 0.6 is 11.6 Å². The maximum Gasteiger partial charge on any atom is 0.306 e. The number of aliphatic carboxylic acids is 1. The quantitative estimate of drug-likeness (QED) is 0.599. The van der Waals surface area contributed by atoms with Crippen molar-refractivity contribution in [3.05, 3.63) is 40.9 Å². The average molecular weight is 430 g/mol. The summed E-state index contributed by atoms with van der Waals surface area (Å²) >= 11 is 6.78. The molecule has 0 radical (unpaired) electrons. The summed E-state index contributed by atoms with van der Waals surface area (Å²) in [5.41, 5.74) is 1.21. The lowest BCUT2D eigenvalue weighted by atomic mass is 9.86. The van der Waals surface area contributed by atoms with E-state index < -0.39 is 5.97 Å². The average Bonchev–Trinajstić information content (AvgIpc) is 2.77. The predicted octanol–water partition coefficient (Wildman–Crippen LogP) is 6.14. The monoisotopic (exact) mass is 429 g/mol. The van der Waals surface area contributed by atoms with Gasteiger partial charge in [-0.05, 0) is 80.6 Å². The number of fused-ring (bicyclic) bond motifs is 1. The van der Waals surface area contributed by atoms with Gasteiger partial charge in [-0.2, -0.15) is 0 Å². The molecule has 30 heavy (non-hydrogen) atoms. The molecule has 0 unspecified atom stereocenters. The van der Waals surface area contributed by atoms with Gasteiger partial charge in [-0.25, -0.2) is 0 Å². The van der Waals surface area contributed by atoms with Crippen LogP contribution < -0.4 is 4.74 Å². The minimum atomic E-state index is -0.664. The Labute approximate surface area is 184 Å². The number of carboxylic acids is 1. The second-order valence-electron chi connectivity index (χ2n) is 8.99. The smallest absolute Gasteiger partial charge is 0.306 e. The molecule has 2 aliphatic rings. The van der Waals surface area contributed by atoms with Crippen LogP contribution in [0.1, 0.15) is 57.4 Å². The number of carboxylic acid groups (broad SMARTS) is 1. The van der Waals surface area contributed by atoms with Gasteiger partial charge in [0.15, 0.2) is 0 Å². The normalized spacial score (nSPS) is 23.5. The van der Waals surface area contributed by atoms with Crippen molar-refractivity contribution in [3.8, 4) is 5.75 Å². The van der Waals surface area contributed by atoms with Crippen molar-refractivity contribution in [1.82, 2.24) is 4.90 Å². The summed E-state index contributed by atoms with van der Waals surface area (Å²) in [6.45, 7) is 4.75. The molecule has 162 valence electrons. The summed E-state index contributed by atoms with van der Waals surface area (Å²) in [5.74, 6) is 0.783. The topological polar surface area (TPSA) is 49.8 Å². The Bertz CT molecular complexity index is 883. The second kappa shape index (κ2) is 9.57.